The van der Waals surface area contributed by atoms with E-state index in [4.69, 9.17) is 9.15 Å². The van der Waals surface area contributed by atoms with E-state index in [-0.39, 0.29) is 44.7 Å². The number of aromatic nitrogens is 2. The van der Waals surface area contributed by atoms with Gasteiger partial charge in [0.15, 0.2) is 11.3 Å². The molecule has 2 aromatic heterocycles. The fourth-order valence-electron chi connectivity index (χ4n) is 3.41. The number of nitro groups is 1. The summed E-state index contributed by atoms with van der Waals surface area (Å²) in [6.07, 6.45) is 2.82. The van der Waals surface area contributed by atoms with E-state index in [0.717, 1.165) is 24.6 Å². The molecular formula is C22H17F2N3O7. The van der Waals surface area contributed by atoms with Crippen LogP contribution in [0, 0.1) is 10.1 Å². The number of nitrogens with zero attached hydrogens (tertiary/aromatic N) is 3. The van der Waals surface area contributed by atoms with Gasteiger partial charge in [-0.15, -0.1) is 0 Å². The Bertz CT molecular complexity index is 1450. The third-order valence-corrected chi connectivity index (χ3v) is 5.01. The van der Waals surface area contributed by atoms with E-state index in [9.17, 15) is 28.5 Å². The van der Waals surface area contributed by atoms with Crippen LogP contribution in [0.5, 0.6) is 11.5 Å². The summed E-state index contributed by atoms with van der Waals surface area (Å²) in [7, 11) is 0. The van der Waals surface area contributed by atoms with E-state index in [1.807, 2.05) is 6.92 Å². The van der Waals surface area contributed by atoms with Crippen molar-refractivity contribution in [1.82, 2.24) is 9.78 Å². The minimum atomic E-state index is -3.17. The molecule has 2 aromatic carbocycles. The van der Waals surface area contributed by atoms with Crippen LogP contribution in [0.2, 0.25) is 0 Å². The molecule has 0 aliphatic rings. The molecule has 12 heteroatoms. The second-order valence-corrected chi connectivity index (χ2v) is 7.21. The van der Waals surface area contributed by atoms with Crippen molar-refractivity contribution in [1.29, 1.82) is 0 Å². The number of non-ortho nitro benzene ring substituents is 1. The average Bonchev–Trinajstić information content (AvgIpc) is 3.20. The second-order valence-electron chi connectivity index (χ2n) is 7.21. The summed E-state index contributed by atoms with van der Waals surface area (Å²) in [6.45, 7) is -0.895. The molecule has 10 nitrogen and oxygen atoms in total. The van der Waals surface area contributed by atoms with Crippen LogP contribution in [-0.4, -0.2) is 27.3 Å². The molecular weight excluding hydrogens is 456 g/mol. The Morgan fingerprint density at radius 3 is 2.59 bits per heavy atom. The van der Waals surface area contributed by atoms with Crippen molar-refractivity contribution in [2.24, 2.45) is 0 Å². The van der Waals surface area contributed by atoms with Crippen molar-refractivity contribution in [2.75, 3.05) is 0 Å². The van der Waals surface area contributed by atoms with E-state index in [1.54, 1.807) is 0 Å². The molecule has 2 heterocycles. The van der Waals surface area contributed by atoms with Gasteiger partial charge in [-0.3, -0.25) is 14.9 Å². The number of carbonyl (C=O) groups is 1. The highest BCUT2D eigenvalue weighted by Gasteiger charge is 2.24. The maximum Gasteiger partial charge on any atom is 0.387 e. The van der Waals surface area contributed by atoms with Crippen LogP contribution < -0.4 is 15.0 Å². The van der Waals surface area contributed by atoms with Gasteiger partial charge in [0.05, 0.1) is 22.1 Å². The van der Waals surface area contributed by atoms with Crippen molar-refractivity contribution in [2.45, 2.75) is 32.9 Å². The number of hydrogen-bond acceptors (Lipinski definition) is 8. The largest absolute Gasteiger partial charge is 0.446 e. The zero-order valence-electron chi connectivity index (χ0n) is 17.7. The Morgan fingerprint density at radius 2 is 1.94 bits per heavy atom. The second kappa shape index (κ2) is 9.25. The molecule has 0 aliphatic heterocycles. The van der Waals surface area contributed by atoms with Crippen LogP contribution in [0.3, 0.4) is 0 Å². The number of ether oxygens (including phenoxy) is 2. The fourth-order valence-corrected chi connectivity index (χ4v) is 3.41. The number of halogens is 2. The first-order chi connectivity index (χ1) is 16.3. The standard InChI is InChI=1S/C22H17F2N3O7/c1-2-3-10-26-20(28)18-15(11-25-26)17-14(8-9-16(19(17)34-18)33-22(23)24)21(29)32-13-6-4-12(5-7-13)27(30)31/h4-9,11,22H,2-3,10H2,1H3. The van der Waals surface area contributed by atoms with Gasteiger partial charge in [0.2, 0.25) is 5.58 Å². The number of nitro benzene ring substituents is 1. The van der Waals surface area contributed by atoms with Gasteiger partial charge in [0.25, 0.3) is 5.69 Å². The summed E-state index contributed by atoms with van der Waals surface area (Å²) >= 11 is 0. The predicted octanol–water partition coefficient (Wildman–Crippen LogP) is 4.67. The molecule has 0 unspecified atom stereocenters. The minimum Gasteiger partial charge on any atom is -0.446 e. The Labute approximate surface area is 189 Å². The third-order valence-electron chi connectivity index (χ3n) is 5.01. The molecule has 0 amide bonds. The van der Waals surface area contributed by atoms with Crippen LogP contribution in [-0.2, 0) is 6.54 Å². The van der Waals surface area contributed by atoms with Crippen molar-refractivity contribution >= 4 is 33.6 Å². The van der Waals surface area contributed by atoms with Crippen LogP contribution in [0.1, 0.15) is 30.1 Å². The third kappa shape index (κ3) is 4.29. The number of alkyl halides is 2. The topological polar surface area (TPSA) is 127 Å². The summed E-state index contributed by atoms with van der Waals surface area (Å²) in [5, 5.41) is 15.1. The Morgan fingerprint density at radius 1 is 1.21 bits per heavy atom. The van der Waals surface area contributed by atoms with Gasteiger partial charge in [-0.1, -0.05) is 13.3 Å². The number of furan rings is 1. The van der Waals surface area contributed by atoms with Gasteiger partial charge < -0.3 is 13.9 Å². The molecule has 34 heavy (non-hydrogen) atoms. The zero-order chi connectivity index (χ0) is 24.4. The smallest absolute Gasteiger partial charge is 0.387 e. The van der Waals surface area contributed by atoms with Crippen LogP contribution >= 0.6 is 0 Å². The molecule has 0 atom stereocenters. The quantitative estimate of drug-likeness (QED) is 0.156. The highest BCUT2D eigenvalue weighted by Crippen LogP contribution is 2.37. The molecule has 0 fully saturated rings. The van der Waals surface area contributed by atoms with Crippen LogP contribution in [0.15, 0.2) is 51.8 Å². The number of carbonyl (C=O) groups excluding carboxylic acids is 1. The Hall–Kier alpha value is -4.35. The molecule has 0 spiro atoms. The molecule has 0 N–H and O–H groups in total. The van der Waals surface area contributed by atoms with E-state index < -0.39 is 23.1 Å². The van der Waals surface area contributed by atoms with Gasteiger partial charge in [0.1, 0.15) is 5.75 Å². The number of esters is 1. The highest BCUT2D eigenvalue weighted by atomic mass is 19.3. The monoisotopic (exact) mass is 473 g/mol. The fraction of sp³-hybridized carbons (Fsp3) is 0.227. The number of hydrogen-bond donors (Lipinski definition) is 0. The highest BCUT2D eigenvalue weighted by molar-refractivity contribution is 6.16. The van der Waals surface area contributed by atoms with E-state index in [0.29, 0.717) is 13.0 Å². The molecule has 4 aromatic rings. The molecule has 0 radical (unpaired) electrons. The maximum absolute atomic E-state index is 12.9. The van der Waals surface area contributed by atoms with E-state index in [1.165, 1.54) is 29.1 Å². The lowest BCUT2D eigenvalue weighted by Crippen LogP contribution is -2.22. The minimum absolute atomic E-state index is 0.0181. The SMILES string of the molecule is CCCCn1ncc2c(oc3c(OC(F)F)ccc(C(=O)Oc4ccc([N+](=O)[O-])cc4)c32)c1=O. The summed E-state index contributed by atoms with van der Waals surface area (Å²) in [5.74, 6) is -1.25. The number of fused-ring (bicyclic) bond motifs is 3. The van der Waals surface area contributed by atoms with Crippen molar-refractivity contribution < 1.29 is 32.4 Å². The molecule has 0 bridgehead atoms. The predicted molar refractivity (Wildman–Crippen MR) is 115 cm³/mol. The van der Waals surface area contributed by atoms with Gasteiger partial charge in [0, 0.05) is 24.1 Å². The number of unbranched alkanes of at least 4 members (excludes halogenated alkanes) is 1. The van der Waals surface area contributed by atoms with Crippen LogP contribution in [0.4, 0.5) is 14.5 Å². The Kier molecular flexibility index (Phi) is 6.21. The normalized spacial score (nSPS) is 11.3. The molecule has 0 aliphatic carbocycles. The van der Waals surface area contributed by atoms with Gasteiger partial charge >= 0.3 is 18.1 Å². The van der Waals surface area contributed by atoms with E-state index in [2.05, 4.69) is 9.84 Å². The summed E-state index contributed by atoms with van der Waals surface area (Å²) < 4.78 is 42.5. The van der Waals surface area contributed by atoms with Crippen molar-refractivity contribution in [3.05, 3.63) is 68.6 Å². The lowest BCUT2D eigenvalue weighted by Gasteiger charge is -2.08. The number of aryl methyl sites for hydroxylation is 1. The van der Waals surface area contributed by atoms with Crippen molar-refractivity contribution in [3.8, 4) is 11.5 Å². The van der Waals surface area contributed by atoms with Crippen LogP contribution in [0.25, 0.3) is 21.9 Å². The lowest BCUT2D eigenvalue weighted by atomic mass is 10.1. The average molecular weight is 473 g/mol. The summed E-state index contributed by atoms with van der Waals surface area (Å²) in [4.78, 5) is 36.0. The first-order valence-electron chi connectivity index (χ1n) is 10.2. The van der Waals surface area contributed by atoms with Crippen molar-refractivity contribution in [3.63, 3.8) is 0 Å². The van der Waals surface area contributed by atoms with Gasteiger partial charge in [-0.05, 0) is 30.7 Å². The first kappa shape index (κ1) is 22.8. The summed E-state index contributed by atoms with van der Waals surface area (Å²) in [5.41, 5.74) is -1.28. The zero-order valence-corrected chi connectivity index (χ0v) is 17.7. The van der Waals surface area contributed by atoms with E-state index >= 15 is 0 Å². The molecule has 0 saturated carbocycles. The number of benzene rings is 2. The maximum atomic E-state index is 12.9. The molecule has 176 valence electrons. The van der Waals surface area contributed by atoms with Gasteiger partial charge in [-0.25, -0.2) is 9.48 Å². The lowest BCUT2D eigenvalue weighted by molar-refractivity contribution is -0.384. The molecule has 4 rings (SSSR count). The first-order valence-corrected chi connectivity index (χ1v) is 10.2. The molecule has 0 saturated heterocycles. The Balaban J connectivity index is 1.83. The van der Waals surface area contributed by atoms with Gasteiger partial charge in [-0.2, -0.15) is 13.9 Å². The summed E-state index contributed by atoms with van der Waals surface area (Å²) in [6, 6.07) is 7.10. The number of rotatable bonds is 8.